The van der Waals surface area contributed by atoms with Crippen molar-refractivity contribution in [2.24, 2.45) is 0 Å². The molecule has 0 saturated carbocycles. The summed E-state index contributed by atoms with van der Waals surface area (Å²) in [4.78, 5) is 11.9. The van der Waals surface area contributed by atoms with Crippen molar-refractivity contribution in [2.75, 3.05) is 26.9 Å². The molecule has 19 heavy (non-hydrogen) atoms. The van der Waals surface area contributed by atoms with Crippen LogP contribution in [0.2, 0.25) is 0 Å². The van der Waals surface area contributed by atoms with Gasteiger partial charge in [0.25, 0.3) is 0 Å². The van der Waals surface area contributed by atoms with E-state index in [1.54, 1.807) is 26.2 Å². The van der Waals surface area contributed by atoms with E-state index in [4.69, 9.17) is 9.47 Å². The quantitative estimate of drug-likeness (QED) is 0.615. The van der Waals surface area contributed by atoms with Gasteiger partial charge in [-0.05, 0) is 25.1 Å². The Hall–Kier alpha value is -0.980. The number of carbonyl (C=O) groups is 1. The van der Waals surface area contributed by atoms with Crippen LogP contribution in [-0.4, -0.2) is 32.8 Å². The summed E-state index contributed by atoms with van der Waals surface area (Å²) < 4.78 is 24.4. The third-order valence-electron chi connectivity index (χ3n) is 2.45. The molecule has 0 bridgehead atoms. The summed E-state index contributed by atoms with van der Waals surface area (Å²) in [5.41, 5.74) is 0.254. The third-order valence-corrected chi connectivity index (χ3v) is 2.94. The highest BCUT2D eigenvalue weighted by Gasteiger charge is 2.24. The number of carbonyl (C=O) groups excluding carboxylic acids is 1. The van der Waals surface area contributed by atoms with Gasteiger partial charge in [0.1, 0.15) is 11.9 Å². The molecular formula is C13H17BrFNO3. The first-order valence-corrected chi connectivity index (χ1v) is 6.73. The van der Waals surface area contributed by atoms with E-state index in [1.165, 1.54) is 6.07 Å². The first kappa shape index (κ1) is 16.1. The fraction of sp³-hybridized carbons (Fsp3) is 0.462. The Morgan fingerprint density at radius 3 is 2.89 bits per heavy atom. The minimum absolute atomic E-state index is 0.247. The molecule has 0 radical (unpaired) electrons. The molecule has 1 N–H and O–H groups in total. The lowest BCUT2D eigenvalue weighted by Gasteiger charge is -2.18. The lowest BCUT2D eigenvalue weighted by molar-refractivity contribution is -0.146. The fourth-order valence-electron chi connectivity index (χ4n) is 1.59. The van der Waals surface area contributed by atoms with Crippen LogP contribution in [0.5, 0.6) is 0 Å². The van der Waals surface area contributed by atoms with Crippen molar-refractivity contribution >= 4 is 21.9 Å². The minimum atomic E-state index is -0.840. The predicted molar refractivity (Wildman–Crippen MR) is 73.4 cm³/mol. The van der Waals surface area contributed by atoms with Crippen LogP contribution in [0.25, 0.3) is 0 Å². The van der Waals surface area contributed by atoms with Crippen molar-refractivity contribution < 1.29 is 18.7 Å². The molecule has 0 fully saturated rings. The average molecular weight is 334 g/mol. The maximum atomic E-state index is 13.8. The normalized spacial score (nSPS) is 12.2. The molecule has 1 atom stereocenters. The van der Waals surface area contributed by atoms with Crippen LogP contribution in [0.15, 0.2) is 22.7 Å². The maximum absolute atomic E-state index is 13.8. The second-order valence-corrected chi connectivity index (χ2v) is 4.71. The first-order chi connectivity index (χ1) is 9.10. The highest BCUT2D eigenvalue weighted by Crippen LogP contribution is 2.22. The maximum Gasteiger partial charge on any atom is 0.327 e. The molecule has 1 aromatic rings. The number of hydrogen-bond acceptors (Lipinski definition) is 4. The Morgan fingerprint density at radius 1 is 1.53 bits per heavy atom. The van der Waals surface area contributed by atoms with Crippen molar-refractivity contribution in [3.05, 3.63) is 34.1 Å². The van der Waals surface area contributed by atoms with Gasteiger partial charge >= 0.3 is 5.97 Å². The van der Waals surface area contributed by atoms with E-state index in [9.17, 15) is 9.18 Å². The standard InChI is InChI=1S/C13H17BrFNO3/c1-3-19-13(17)12(16-6-7-18-2)10-8-9(14)4-5-11(10)15/h4-5,8,12,16H,3,6-7H2,1-2H3. The minimum Gasteiger partial charge on any atom is -0.465 e. The van der Waals surface area contributed by atoms with Gasteiger partial charge in [0.2, 0.25) is 0 Å². The van der Waals surface area contributed by atoms with Crippen LogP contribution in [0.4, 0.5) is 4.39 Å². The molecule has 0 aromatic heterocycles. The Morgan fingerprint density at radius 2 is 2.26 bits per heavy atom. The second-order valence-electron chi connectivity index (χ2n) is 3.80. The van der Waals surface area contributed by atoms with Crippen LogP contribution < -0.4 is 5.32 Å². The molecular weight excluding hydrogens is 317 g/mol. The Labute approximate surface area is 120 Å². The van der Waals surface area contributed by atoms with E-state index in [2.05, 4.69) is 21.2 Å². The van der Waals surface area contributed by atoms with Gasteiger partial charge in [0, 0.05) is 23.7 Å². The van der Waals surface area contributed by atoms with E-state index in [1.807, 2.05) is 0 Å². The Kier molecular flexibility index (Phi) is 6.97. The molecule has 106 valence electrons. The van der Waals surface area contributed by atoms with Crippen molar-refractivity contribution in [2.45, 2.75) is 13.0 Å². The van der Waals surface area contributed by atoms with Crippen LogP contribution in [0, 0.1) is 5.82 Å². The van der Waals surface area contributed by atoms with Crippen LogP contribution in [0.3, 0.4) is 0 Å². The fourth-order valence-corrected chi connectivity index (χ4v) is 1.97. The van der Waals surface area contributed by atoms with Gasteiger partial charge in [-0.3, -0.25) is 5.32 Å². The number of rotatable bonds is 7. The highest BCUT2D eigenvalue weighted by molar-refractivity contribution is 9.10. The predicted octanol–water partition coefficient (Wildman–Crippen LogP) is 2.43. The number of ether oxygens (including phenoxy) is 2. The number of halogens is 2. The SMILES string of the molecule is CCOC(=O)C(NCCOC)c1cc(Br)ccc1F. The third kappa shape index (κ3) is 4.89. The van der Waals surface area contributed by atoms with E-state index in [0.29, 0.717) is 17.6 Å². The topological polar surface area (TPSA) is 47.6 Å². The molecule has 0 saturated heterocycles. The summed E-state index contributed by atoms with van der Waals surface area (Å²) in [5, 5.41) is 2.93. The van der Waals surface area contributed by atoms with Crippen molar-refractivity contribution in [3.8, 4) is 0 Å². The number of benzene rings is 1. The molecule has 0 aliphatic heterocycles. The zero-order valence-electron chi connectivity index (χ0n) is 10.9. The second kappa shape index (κ2) is 8.24. The van der Waals surface area contributed by atoms with Gasteiger partial charge in [-0.2, -0.15) is 0 Å². The van der Waals surface area contributed by atoms with Gasteiger partial charge in [-0.1, -0.05) is 15.9 Å². The Bertz CT molecular complexity index is 428. The molecule has 0 aliphatic rings. The van der Waals surface area contributed by atoms with Gasteiger partial charge in [0.05, 0.1) is 13.2 Å². The van der Waals surface area contributed by atoms with Crippen LogP contribution in [-0.2, 0) is 14.3 Å². The van der Waals surface area contributed by atoms with Gasteiger partial charge in [-0.25, -0.2) is 9.18 Å². The van der Waals surface area contributed by atoms with E-state index >= 15 is 0 Å². The summed E-state index contributed by atoms with van der Waals surface area (Å²) in [6, 6.07) is 3.61. The molecule has 1 rings (SSSR count). The summed E-state index contributed by atoms with van der Waals surface area (Å²) in [6.07, 6.45) is 0. The molecule has 0 heterocycles. The van der Waals surface area contributed by atoms with Gasteiger partial charge in [-0.15, -0.1) is 0 Å². The lowest BCUT2D eigenvalue weighted by atomic mass is 10.1. The Balaban J connectivity index is 2.93. The summed E-state index contributed by atoms with van der Waals surface area (Å²) in [6.45, 7) is 2.80. The van der Waals surface area contributed by atoms with E-state index in [-0.39, 0.29) is 12.2 Å². The molecule has 0 spiro atoms. The summed E-state index contributed by atoms with van der Waals surface area (Å²) in [7, 11) is 1.56. The average Bonchev–Trinajstić information content (AvgIpc) is 2.38. The van der Waals surface area contributed by atoms with Crippen molar-refractivity contribution in [1.29, 1.82) is 0 Å². The summed E-state index contributed by atoms with van der Waals surface area (Å²) >= 11 is 3.26. The van der Waals surface area contributed by atoms with Crippen molar-refractivity contribution in [1.82, 2.24) is 5.32 Å². The first-order valence-electron chi connectivity index (χ1n) is 5.94. The zero-order valence-corrected chi connectivity index (χ0v) is 12.5. The number of hydrogen-bond donors (Lipinski definition) is 1. The van der Waals surface area contributed by atoms with Crippen LogP contribution in [0.1, 0.15) is 18.5 Å². The molecule has 1 aromatic carbocycles. The van der Waals surface area contributed by atoms with Gasteiger partial charge < -0.3 is 9.47 Å². The lowest BCUT2D eigenvalue weighted by Crippen LogP contribution is -2.33. The molecule has 6 heteroatoms. The number of esters is 1. The highest BCUT2D eigenvalue weighted by atomic mass is 79.9. The number of nitrogens with one attached hydrogen (secondary N) is 1. The zero-order chi connectivity index (χ0) is 14.3. The molecule has 1 unspecified atom stereocenters. The molecule has 0 amide bonds. The largest absolute Gasteiger partial charge is 0.465 e. The number of methoxy groups -OCH3 is 1. The molecule has 4 nitrogen and oxygen atoms in total. The van der Waals surface area contributed by atoms with E-state index < -0.39 is 17.8 Å². The monoisotopic (exact) mass is 333 g/mol. The van der Waals surface area contributed by atoms with Gasteiger partial charge in [0.15, 0.2) is 0 Å². The van der Waals surface area contributed by atoms with Crippen LogP contribution >= 0.6 is 15.9 Å². The smallest absolute Gasteiger partial charge is 0.327 e. The summed E-state index contributed by atoms with van der Waals surface area (Å²) in [5.74, 6) is -0.957. The van der Waals surface area contributed by atoms with Crippen molar-refractivity contribution in [3.63, 3.8) is 0 Å². The van der Waals surface area contributed by atoms with E-state index in [0.717, 1.165) is 0 Å². The molecule has 0 aliphatic carbocycles.